The van der Waals surface area contributed by atoms with Crippen molar-refractivity contribution in [3.8, 4) is 17.2 Å². The molecule has 2 aromatic rings. The topological polar surface area (TPSA) is 86.7 Å². The van der Waals surface area contributed by atoms with Crippen LogP contribution in [0.4, 0.5) is 0 Å². The predicted octanol–water partition coefficient (Wildman–Crippen LogP) is 2.49. The molecule has 0 radical (unpaired) electrons. The van der Waals surface area contributed by atoms with Gasteiger partial charge in [0.05, 0.1) is 4.90 Å². The normalized spacial score (nSPS) is 11.1. The molecule has 0 atom stereocenters. The number of benzene rings is 2. The molecule has 0 saturated carbocycles. The fourth-order valence-electron chi connectivity index (χ4n) is 3.08. The summed E-state index contributed by atoms with van der Waals surface area (Å²) in [5.41, 5.74) is 1.02. The van der Waals surface area contributed by atoms with E-state index >= 15 is 0 Å². The largest absolute Gasteiger partial charge is 1.00 e. The molecule has 0 aliphatic carbocycles. The number of rotatable bonds is 12. The summed E-state index contributed by atoms with van der Waals surface area (Å²) in [4.78, 5) is -0.271. The fraction of sp³-hybridized carbons (Fsp3) is 0.455. The van der Waals surface area contributed by atoms with E-state index in [0.29, 0.717) is 0 Å². The molecule has 7 heteroatoms. The van der Waals surface area contributed by atoms with Gasteiger partial charge < -0.3 is 9.84 Å². The Morgan fingerprint density at radius 1 is 0.931 bits per heavy atom. The van der Waals surface area contributed by atoms with Crippen molar-refractivity contribution in [3.63, 3.8) is 0 Å². The second-order valence-corrected chi connectivity index (χ2v) is 8.48. The second kappa shape index (κ2) is 13.3. The summed E-state index contributed by atoms with van der Waals surface area (Å²) in [6.45, 7) is 2.22. The molecule has 1 N–H and O–H groups in total. The van der Waals surface area contributed by atoms with E-state index in [4.69, 9.17) is 9.29 Å². The Kier molecular flexibility index (Phi) is 11.9. The van der Waals surface area contributed by atoms with Crippen molar-refractivity contribution in [2.45, 2.75) is 69.6 Å². The van der Waals surface area contributed by atoms with Gasteiger partial charge in [-0.15, -0.1) is 0 Å². The molecule has 0 aliphatic heterocycles. The zero-order valence-corrected chi connectivity index (χ0v) is 20.2. The van der Waals surface area contributed by atoms with Crippen LogP contribution in [0.2, 0.25) is 0 Å². The summed E-state index contributed by atoms with van der Waals surface area (Å²) in [5, 5.41) is 12.1. The van der Waals surface area contributed by atoms with Gasteiger partial charge in [0, 0.05) is 6.07 Å². The van der Waals surface area contributed by atoms with E-state index in [9.17, 15) is 13.5 Å². The predicted molar refractivity (Wildman–Crippen MR) is 109 cm³/mol. The summed E-state index contributed by atoms with van der Waals surface area (Å²) in [6, 6.07) is 10.4. The first-order valence-electron chi connectivity index (χ1n) is 9.95. The van der Waals surface area contributed by atoms with Gasteiger partial charge in [-0.25, -0.2) is 0 Å². The summed E-state index contributed by atoms with van der Waals surface area (Å²) < 4.78 is 37.2. The average Bonchev–Trinajstić information content (AvgIpc) is 2.66. The number of hydrogen-bond acceptors (Lipinski definition) is 4. The van der Waals surface area contributed by atoms with Gasteiger partial charge in [0.2, 0.25) is 0 Å². The molecular formula is C22H29NaO5S. The van der Waals surface area contributed by atoms with Crippen LogP contribution >= 0.6 is 0 Å². The third kappa shape index (κ3) is 9.53. The summed E-state index contributed by atoms with van der Waals surface area (Å²) in [5.74, 6) is 0.0814. The zero-order valence-electron chi connectivity index (χ0n) is 17.4. The van der Waals surface area contributed by atoms with E-state index < -0.39 is 10.1 Å². The quantitative estimate of drug-likeness (QED) is 0.319. The monoisotopic (exact) mass is 428 g/mol. The van der Waals surface area contributed by atoms with Crippen LogP contribution in [0.5, 0.6) is 17.2 Å². The van der Waals surface area contributed by atoms with E-state index in [1.165, 1.54) is 62.8 Å². The third-order valence-corrected chi connectivity index (χ3v) is 5.51. The van der Waals surface area contributed by atoms with Gasteiger partial charge in [-0.05, 0) is 36.6 Å². The standard InChI is InChI=1S/C22H30O5S.Na/c1-2-3-4-5-6-7-8-9-11-18-14-15-21(23)22(16-18)27-19-12-10-13-20(17-19)28(24,25)26;/h10,12-17,23H,2-9,11H2,1H3,(H,24,25,26);/q;+1/p-1. The second-order valence-electron chi connectivity index (χ2n) is 7.06. The molecule has 0 aliphatic rings. The Morgan fingerprint density at radius 3 is 2.24 bits per heavy atom. The van der Waals surface area contributed by atoms with Crippen LogP contribution in [0.25, 0.3) is 0 Å². The van der Waals surface area contributed by atoms with Gasteiger partial charge in [0.25, 0.3) is 10.1 Å². The van der Waals surface area contributed by atoms with Gasteiger partial charge in [-0.3, -0.25) is 4.55 Å². The molecule has 0 aromatic heterocycles. The molecular weight excluding hydrogens is 399 g/mol. The van der Waals surface area contributed by atoms with Crippen LogP contribution in [0, 0.1) is 0 Å². The fourth-order valence-corrected chi connectivity index (χ4v) is 3.59. The van der Waals surface area contributed by atoms with Gasteiger partial charge >= 0.3 is 29.6 Å². The minimum absolute atomic E-state index is 0. The molecule has 0 saturated heterocycles. The maximum atomic E-state index is 12.1. The molecule has 5 nitrogen and oxygen atoms in total. The van der Waals surface area contributed by atoms with Crippen molar-refractivity contribution in [3.05, 3.63) is 48.0 Å². The Bertz CT molecular complexity index is 852. The van der Waals surface area contributed by atoms with Crippen molar-refractivity contribution in [2.24, 2.45) is 0 Å². The summed E-state index contributed by atoms with van der Waals surface area (Å²) in [7, 11) is -4.32. The van der Waals surface area contributed by atoms with Crippen LogP contribution in [0.15, 0.2) is 47.4 Å². The van der Waals surface area contributed by atoms with Crippen LogP contribution in [0.3, 0.4) is 0 Å². The maximum Gasteiger partial charge on any atom is 1.00 e. The molecule has 0 heterocycles. The summed E-state index contributed by atoms with van der Waals surface area (Å²) >= 11 is 0. The average molecular weight is 429 g/mol. The summed E-state index contributed by atoms with van der Waals surface area (Å²) in [6.07, 6.45) is 10.8. The first kappa shape index (κ1) is 26.0. The minimum atomic E-state index is -4.32. The smallest absolute Gasteiger partial charge is 0.870 e. The number of unbranched alkanes of at least 4 members (excludes halogenated alkanes) is 7. The van der Waals surface area contributed by atoms with Crippen molar-refractivity contribution in [1.29, 1.82) is 0 Å². The number of ether oxygens (including phenoxy) is 1. The molecule has 0 fully saturated rings. The molecule has 2 rings (SSSR count). The van der Waals surface area contributed by atoms with Crippen molar-refractivity contribution >= 4 is 10.1 Å². The van der Waals surface area contributed by atoms with Gasteiger partial charge in [-0.2, -0.15) is 8.42 Å². The van der Waals surface area contributed by atoms with Crippen LogP contribution in [0.1, 0.15) is 63.9 Å². The molecule has 2 aromatic carbocycles. The first-order chi connectivity index (χ1) is 13.4. The third-order valence-electron chi connectivity index (χ3n) is 4.66. The maximum absolute atomic E-state index is 12.1. The van der Waals surface area contributed by atoms with Gasteiger partial charge in [0.15, 0.2) is 0 Å². The van der Waals surface area contributed by atoms with Crippen LogP contribution in [-0.4, -0.2) is 13.0 Å². The van der Waals surface area contributed by atoms with Gasteiger partial charge in [-0.1, -0.05) is 75.8 Å². The van der Waals surface area contributed by atoms with Crippen molar-refractivity contribution in [2.75, 3.05) is 0 Å². The molecule has 29 heavy (non-hydrogen) atoms. The Hall–Kier alpha value is -1.05. The Balaban J connectivity index is 0.00000420. The zero-order chi connectivity index (χ0) is 20.4. The Labute approximate surface area is 196 Å². The molecule has 0 amide bonds. The number of aryl methyl sites for hydroxylation is 1. The van der Waals surface area contributed by atoms with Crippen molar-refractivity contribution in [1.82, 2.24) is 0 Å². The molecule has 0 unspecified atom stereocenters. The van der Waals surface area contributed by atoms with Crippen molar-refractivity contribution < 1.29 is 52.4 Å². The van der Waals surface area contributed by atoms with E-state index in [1.54, 1.807) is 12.1 Å². The van der Waals surface area contributed by atoms with Crippen LogP contribution in [-0.2, 0) is 16.5 Å². The van der Waals surface area contributed by atoms with E-state index in [2.05, 4.69) is 6.92 Å². The Morgan fingerprint density at radius 2 is 1.59 bits per heavy atom. The molecule has 0 spiro atoms. The number of hydrogen-bond donors (Lipinski definition) is 1. The molecule has 154 valence electrons. The van der Waals surface area contributed by atoms with Crippen LogP contribution < -0.4 is 39.4 Å². The first-order valence-corrected chi connectivity index (χ1v) is 11.4. The SMILES string of the molecule is CCCCCCCCCCc1ccc([O-])c(Oc2cccc(S(=O)(=O)O)c2)c1.[Na+]. The van der Waals surface area contributed by atoms with E-state index in [1.807, 2.05) is 6.07 Å². The van der Waals surface area contributed by atoms with E-state index in [0.717, 1.165) is 24.8 Å². The van der Waals surface area contributed by atoms with Gasteiger partial charge in [0.1, 0.15) is 11.5 Å². The molecule has 0 bridgehead atoms. The minimum Gasteiger partial charge on any atom is -0.870 e. The van der Waals surface area contributed by atoms with E-state index in [-0.39, 0.29) is 51.7 Å².